The summed E-state index contributed by atoms with van der Waals surface area (Å²) >= 11 is 5.93. The van der Waals surface area contributed by atoms with Crippen molar-refractivity contribution in [3.8, 4) is 0 Å². The van der Waals surface area contributed by atoms with Crippen molar-refractivity contribution in [2.45, 2.75) is 6.10 Å². The van der Waals surface area contributed by atoms with Crippen LogP contribution < -0.4 is 5.32 Å². The SMILES string of the molecule is CO[C@H](CNC(=O)c1cn[nH]c1)c1cccc(Cl)c1. The lowest BCUT2D eigenvalue weighted by Crippen LogP contribution is -2.28. The summed E-state index contributed by atoms with van der Waals surface area (Å²) in [4.78, 5) is 11.8. The Bertz CT molecular complexity index is 543. The zero-order valence-electron chi connectivity index (χ0n) is 10.4. The van der Waals surface area contributed by atoms with E-state index < -0.39 is 0 Å². The standard InChI is InChI=1S/C13H14ClN3O2/c1-19-12(9-3-2-4-11(14)5-9)8-15-13(18)10-6-16-17-7-10/h2-7,12H,8H2,1H3,(H,15,18)(H,16,17)/t12-/m1/s1. The third-order valence-electron chi connectivity index (χ3n) is 2.71. The number of nitrogens with one attached hydrogen (secondary N) is 2. The van der Waals surface area contributed by atoms with Gasteiger partial charge >= 0.3 is 0 Å². The lowest BCUT2D eigenvalue weighted by molar-refractivity contribution is 0.0828. The number of H-pyrrole nitrogens is 1. The van der Waals surface area contributed by atoms with Gasteiger partial charge in [-0.3, -0.25) is 9.89 Å². The average Bonchev–Trinajstić information content (AvgIpc) is 2.93. The summed E-state index contributed by atoms with van der Waals surface area (Å²) < 4.78 is 5.36. The second-order valence-corrected chi connectivity index (χ2v) is 4.41. The van der Waals surface area contributed by atoms with Crippen molar-refractivity contribution in [3.63, 3.8) is 0 Å². The molecule has 6 heteroatoms. The first-order valence-electron chi connectivity index (χ1n) is 5.76. The molecule has 2 rings (SSSR count). The smallest absolute Gasteiger partial charge is 0.254 e. The van der Waals surface area contributed by atoms with Crippen LogP contribution in [-0.2, 0) is 4.74 Å². The molecule has 2 N–H and O–H groups in total. The first kappa shape index (κ1) is 13.6. The van der Waals surface area contributed by atoms with Crippen LogP contribution in [0.4, 0.5) is 0 Å². The zero-order valence-corrected chi connectivity index (χ0v) is 11.1. The fourth-order valence-electron chi connectivity index (χ4n) is 1.71. The number of ether oxygens (including phenoxy) is 1. The maximum absolute atomic E-state index is 11.8. The Hall–Kier alpha value is -1.85. The molecule has 0 aliphatic rings. The van der Waals surface area contributed by atoms with E-state index in [1.165, 1.54) is 12.4 Å². The van der Waals surface area contributed by atoms with Gasteiger partial charge in [-0.1, -0.05) is 23.7 Å². The number of aromatic amines is 1. The van der Waals surface area contributed by atoms with Crippen molar-refractivity contribution >= 4 is 17.5 Å². The van der Waals surface area contributed by atoms with Crippen LogP contribution in [0.1, 0.15) is 22.0 Å². The predicted molar refractivity (Wildman–Crippen MR) is 72.1 cm³/mol. The molecule has 1 atom stereocenters. The van der Waals surface area contributed by atoms with Crippen LogP contribution in [0.25, 0.3) is 0 Å². The number of hydrogen-bond donors (Lipinski definition) is 2. The maximum Gasteiger partial charge on any atom is 0.254 e. The molecule has 0 spiro atoms. The fourth-order valence-corrected chi connectivity index (χ4v) is 1.91. The monoisotopic (exact) mass is 279 g/mol. The molecule has 0 unspecified atom stereocenters. The van der Waals surface area contributed by atoms with Gasteiger partial charge in [-0.05, 0) is 17.7 Å². The Morgan fingerprint density at radius 3 is 3.05 bits per heavy atom. The predicted octanol–water partition coefficient (Wildman–Crippen LogP) is 2.18. The summed E-state index contributed by atoms with van der Waals surface area (Å²) in [5, 5.41) is 9.74. The summed E-state index contributed by atoms with van der Waals surface area (Å²) in [7, 11) is 1.59. The van der Waals surface area contributed by atoms with Gasteiger partial charge in [0.1, 0.15) is 0 Å². The minimum Gasteiger partial charge on any atom is -0.375 e. The molecule has 5 nitrogen and oxygen atoms in total. The van der Waals surface area contributed by atoms with Gasteiger partial charge in [0.25, 0.3) is 5.91 Å². The molecule has 1 aromatic carbocycles. The molecule has 0 bridgehead atoms. The van der Waals surface area contributed by atoms with Gasteiger partial charge < -0.3 is 10.1 Å². The molecule has 0 radical (unpaired) electrons. The number of hydrogen-bond acceptors (Lipinski definition) is 3. The summed E-state index contributed by atoms with van der Waals surface area (Å²) in [6.07, 6.45) is 2.77. The van der Waals surface area contributed by atoms with Crippen molar-refractivity contribution in [3.05, 3.63) is 52.8 Å². The highest BCUT2D eigenvalue weighted by atomic mass is 35.5. The Labute approximate surface area is 115 Å². The van der Waals surface area contributed by atoms with Crippen molar-refractivity contribution < 1.29 is 9.53 Å². The largest absolute Gasteiger partial charge is 0.375 e. The Morgan fingerprint density at radius 2 is 2.42 bits per heavy atom. The Kier molecular flexibility index (Phi) is 4.54. The van der Waals surface area contributed by atoms with E-state index in [9.17, 15) is 4.79 Å². The van der Waals surface area contributed by atoms with Crippen LogP contribution in [0.2, 0.25) is 5.02 Å². The summed E-state index contributed by atoms with van der Waals surface area (Å²) in [5.41, 5.74) is 1.41. The van der Waals surface area contributed by atoms with E-state index in [-0.39, 0.29) is 12.0 Å². The lowest BCUT2D eigenvalue weighted by atomic mass is 10.1. The number of methoxy groups -OCH3 is 1. The number of nitrogens with zero attached hydrogens (tertiary/aromatic N) is 1. The molecule has 0 aliphatic heterocycles. The number of rotatable bonds is 5. The fraction of sp³-hybridized carbons (Fsp3) is 0.231. The molecule has 0 saturated heterocycles. The molecule has 1 heterocycles. The number of carbonyl (C=O) groups excluding carboxylic acids is 1. The van der Waals surface area contributed by atoms with Gasteiger partial charge in [0.2, 0.25) is 0 Å². The quantitative estimate of drug-likeness (QED) is 0.881. The average molecular weight is 280 g/mol. The van der Waals surface area contributed by atoms with Gasteiger partial charge in [-0.25, -0.2) is 0 Å². The highest BCUT2D eigenvalue weighted by Crippen LogP contribution is 2.19. The number of halogens is 1. The van der Waals surface area contributed by atoms with Crippen LogP contribution in [-0.4, -0.2) is 29.8 Å². The van der Waals surface area contributed by atoms with Crippen LogP contribution >= 0.6 is 11.6 Å². The Morgan fingerprint density at radius 1 is 1.58 bits per heavy atom. The number of carbonyl (C=O) groups is 1. The van der Waals surface area contributed by atoms with Crippen LogP contribution in [0.3, 0.4) is 0 Å². The second-order valence-electron chi connectivity index (χ2n) is 3.98. The highest BCUT2D eigenvalue weighted by molar-refractivity contribution is 6.30. The summed E-state index contributed by atoms with van der Waals surface area (Å²) in [6.45, 7) is 0.362. The molecular formula is C13H14ClN3O2. The van der Waals surface area contributed by atoms with E-state index >= 15 is 0 Å². The first-order valence-corrected chi connectivity index (χ1v) is 6.13. The number of amides is 1. The van der Waals surface area contributed by atoms with Gasteiger partial charge in [0.05, 0.1) is 17.9 Å². The second kappa shape index (κ2) is 6.36. The van der Waals surface area contributed by atoms with Gasteiger partial charge in [0, 0.05) is 24.9 Å². The number of benzene rings is 1. The van der Waals surface area contributed by atoms with E-state index in [1.54, 1.807) is 13.2 Å². The molecule has 100 valence electrons. The topological polar surface area (TPSA) is 67.0 Å². The van der Waals surface area contributed by atoms with Crippen LogP contribution in [0, 0.1) is 0 Å². The van der Waals surface area contributed by atoms with E-state index in [2.05, 4.69) is 15.5 Å². The normalized spacial score (nSPS) is 12.1. The molecule has 1 amide bonds. The van der Waals surface area contributed by atoms with Crippen molar-refractivity contribution in [1.82, 2.24) is 15.5 Å². The third-order valence-corrected chi connectivity index (χ3v) is 2.95. The molecule has 0 aliphatic carbocycles. The van der Waals surface area contributed by atoms with Gasteiger partial charge in [-0.2, -0.15) is 5.10 Å². The van der Waals surface area contributed by atoms with Gasteiger partial charge in [0.15, 0.2) is 0 Å². The van der Waals surface area contributed by atoms with Crippen LogP contribution in [0.5, 0.6) is 0 Å². The molecule has 19 heavy (non-hydrogen) atoms. The van der Waals surface area contributed by atoms with E-state index in [0.717, 1.165) is 5.56 Å². The molecule has 2 aromatic rings. The third kappa shape index (κ3) is 3.56. The van der Waals surface area contributed by atoms with E-state index in [0.29, 0.717) is 17.1 Å². The van der Waals surface area contributed by atoms with Crippen molar-refractivity contribution in [2.75, 3.05) is 13.7 Å². The van der Waals surface area contributed by atoms with E-state index in [1.807, 2.05) is 18.2 Å². The maximum atomic E-state index is 11.8. The molecular weight excluding hydrogens is 266 g/mol. The molecule has 0 saturated carbocycles. The minimum absolute atomic E-state index is 0.196. The highest BCUT2D eigenvalue weighted by Gasteiger charge is 2.13. The molecule has 0 fully saturated rings. The summed E-state index contributed by atoms with van der Waals surface area (Å²) in [6, 6.07) is 7.37. The Balaban J connectivity index is 1.98. The minimum atomic E-state index is -0.241. The lowest BCUT2D eigenvalue weighted by Gasteiger charge is -2.16. The number of aromatic nitrogens is 2. The van der Waals surface area contributed by atoms with Gasteiger partial charge in [-0.15, -0.1) is 0 Å². The summed E-state index contributed by atoms with van der Waals surface area (Å²) in [5.74, 6) is -0.196. The van der Waals surface area contributed by atoms with E-state index in [4.69, 9.17) is 16.3 Å². The zero-order chi connectivity index (χ0) is 13.7. The first-order chi connectivity index (χ1) is 9.20. The van der Waals surface area contributed by atoms with Crippen LogP contribution in [0.15, 0.2) is 36.7 Å². The molecule has 1 aromatic heterocycles. The van der Waals surface area contributed by atoms with Crippen molar-refractivity contribution in [2.24, 2.45) is 0 Å². The van der Waals surface area contributed by atoms with Crippen molar-refractivity contribution in [1.29, 1.82) is 0 Å².